The van der Waals surface area contributed by atoms with Crippen LogP contribution < -0.4 is 10.2 Å². The lowest BCUT2D eigenvalue weighted by atomic mass is 10.0. The normalized spacial score (nSPS) is 15.2. The maximum Gasteiger partial charge on any atom is 0.335 e. The van der Waals surface area contributed by atoms with Crippen LogP contribution in [0.2, 0.25) is 10.0 Å². The van der Waals surface area contributed by atoms with Gasteiger partial charge in [0.1, 0.15) is 11.4 Å². The van der Waals surface area contributed by atoms with Crippen molar-refractivity contribution in [3.8, 4) is 0 Å². The SMILES string of the molecule is Cc1ccc(N2C(=O)NC(=O)/C(=C\c3ccc(Cc4ccccc4F)c(Cl)c3)C2=O)cc1Cl. The van der Waals surface area contributed by atoms with Gasteiger partial charge >= 0.3 is 6.03 Å². The molecule has 166 valence electrons. The molecule has 0 spiro atoms. The first kappa shape index (κ1) is 22.7. The minimum atomic E-state index is -0.861. The van der Waals surface area contributed by atoms with Crippen LogP contribution in [0.4, 0.5) is 14.9 Å². The number of hydrogen-bond donors (Lipinski definition) is 1. The van der Waals surface area contributed by atoms with Crippen molar-refractivity contribution in [2.24, 2.45) is 0 Å². The summed E-state index contributed by atoms with van der Waals surface area (Å²) in [5.41, 5.74) is 2.45. The molecule has 0 aromatic heterocycles. The molecule has 4 amide bonds. The van der Waals surface area contributed by atoms with Crippen molar-refractivity contribution in [3.05, 3.63) is 104 Å². The number of rotatable bonds is 4. The lowest BCUT2D eigenvalue weighted by Gasteiger charge is -2.26. The number of halogens is 3. The van der Waals surface area contributed by atoms with E-state index >= 15 is 0 Å². The van der Waals surface area contributed by atoms with Gasteiger partial charge in [0.25, 0.3) is 11.8 Å². The summed E-state index contributed by atoms with van der Waals surface area (Å²) in [6, 6.07) is 15.2. The minimum absolute atomic E-state index is 0.232. The molecule has 33 heavy (non-hydrogen) atoms. The number of carbonyl (C=O) groups excluding carboxylic acids is 3. The highest BCUT2D eigenvalue weighted by Crippen LogP contribution is 2.28. The molecule has 1 N–H and O–H groups in total. The van der Waals surface area contributed by atoms with Crippen LogP contribution in [0.25, 0.3) is 6.08 Å². The largest absolute Gasteiger partial charge is 0.335 e. The Bertz CT molecular complexity index is 1340. The highest BCUT2D eigenvalue weighted by Gasteiger charge is 2.37. The summed E-state index contributed by atoms with van der Waals surface area (Å²) >= 11 is 12.5. The number of barbiturate groups is 1. The molecule has 0 saturated carbocycles. The van der Waals surface area contributed by atoms with Crippen LogP contribution in [0.15, 0.2) is 66.2 Å². The third-order valence-electron chi connectivity index (χ3n) is 5.24. The van der Waals surface area contributed by atoms with E-state index in [-0.39, 0.29) is 23.5 Å². The lowest BCUT2D eigenvalue weighted by molar-refractivity contribution is -0.122. The predicted molar refractivity (Wildman–Crippen MR) is 126 cm³/mol. The van der Waals surface area contributed by atoms with Crippen LogP contribution in [-0.4, -0.2) is 17.8 Å². The van der Waals surface area contributed by atoms with Gasteiger partial charge in [-0.1, -0.05) is 59.6 Å². The summed E-state index contributed by atoms with van der Waals surface area (Å²) in [6.07, 6.45) is 1.64. The van der Waals surface area contributed by atoms with Crippen molar-refractivity contribution >= 4 is 52.8 Å². The van der Waals surface area contributed by atoms with E-state index < -0.39 is 17.8 Å². The van der Waals surface area contributed by atoms with Crippen LogP contribution in [0, 0.1) is 12.7 Å². The first-order valence-electron chi connectivity index (χ1n) is 9.94. The van der Waals surface area contributed by atoms with Gasteiger partial charge in [-0.15, -0.1) is 0 Å². The molecule has 0 atom stereocenters. The Morgan fingerprint density at radius 1 is 0.939 bits per heavy atom. The second kappa shape index (κ2) is 9.17. The number of anilines is 1. The number of nitrogens with zero attached hydrogens (tertiary/aromatic N) is 1. The average molecular weight is 483 g/mol. The van der Waals surface area contributed by atoms with Crippen molar-refractivity contribution in [3.63, 3.8) is 0 Å². The first-order chi connectivity index (χ1) is 15.7. The Labute approximate surface area is 199 Å². The van der Waals surface area contributed by atoms with E-state index in [4.69, 9.17) is 23.2 Å². The molecule has 0 bridgehead atoms. The Balaban J connectivity index is 1.64. The standard InChI is InChI=1S/C25H17Cl2FN2O3/c1-14-6-9-18(13-20(14)26)30-24(32)19(23(31)29-25(30)33)10-15-7-8-16(21(27)11-15)12-17-4-2-3-5-22(17)28/h2-11,13H,12H2,1H3,(H,29,31,33)/b19-10+. The summed E-state index contributed by atoms with van der Waals surface area (Å²) in [6.45, 7) is 1.79. The molecule has 8 heteroatoms. The molecule has 4 rings (SSSR count). The van der Waals surface area contributed by atoms with Gasteiger partial charge in [-0.25, -0.2) is 14.1 Å². The van der Waals surface area contributed by atoms with Crippen molar-refractivity contribution < 1.29 is 18.8 Å². The van der Waals surface area contributed by atoms with Crippen LogP contribution in [0.5, 0.6) is 0 Å². The van der Waals surface area contributed by atoms with Crippen molar-refractivity contribution in [1.82, 2.24) is 5.32 Å². The Morgan fingerprint density at radius 2 is 1.70 bits per heavy atom. The van der Waals surface area contributed by atoms with Crippen molar-refractivity contribution in [2.45, 2.75) is 13.3 Å². The van der Waals surface area contributed by atoms with E-state index in [2.05, 4.69) is 5.32 Å². The summed E-state index contributed by atoms with van der Waals surface area (Å²) in [5, 5.41) is 2.91. The van der Waals surface area contributed by atoms with Crippen LogP contribution in [0.3, 0.4) is 0 Å². The van der Waals surface area contributed by atoms with Crippen molar-refractivity contribution in [1.29, 1.82) is 0 Å². The second-order valence-electron chi connectivity index (χ2n) is 7.51. The van der Waals surface area contributed by atoms with Gasteiger partial charge in [0.15, 0.2) is 0 Å². The van der Waals surface area contributed by atoms with Gasteiger partial charge in [0.2, 0.25) is 0 Å². The molecule has 5 nitrogen and oxygen atoms in total. The number of aryl methyl sites for hydroxylation is 1. The summed E-state index contributed by atoms with van der Waals surface area (Å²) in [4.78, 5) is 38.7. The average Bonchev–Trinajstić information content (AvgIpc) is 2.76. The zero-order valence-corrected chi connectivity index (χ0v) is 18.9. The molecule has 1 aliphatic rings. The molecule has 0 aliphatic carbocycles. The molecule has 0 radical (unpaired) electrons. The molecule has 1 aliphatic heterocycles. The van der Waals surface area contributed by atoms with E-state index in [1.807, 2.05) is 0 Å². The van der Waals surface area contributed by atoms with E-state index in [1.165, 1.54) is 18.2 Å². The maximum absolute atomic E-state index is 14.0. The molecule has 1 saturated heterocycles. The van der Waals surface area contributed by atoms with Gasteiger partial charge in [-0.05, 0) is 59.5 Å². The Morgan fingerprint density at radius 3 is 2.39 bits per heavy atom. The molecule has 3 aromatic rings. The topological polar surface area (TPSA) is 66.5 Å². The highest BCUT2D eigenvalue weighted by atomic mass is 35.5. The second-order valence-corrected chi connectivity index (χ2v) is 8.32. The van der Waals surface area contributed by atoms with Crippen molar-refractivity contribution in [2.75, 3.05) is 4.90 Å². The molecule has 1 fully saturated rings. The Hall–Kier alpha value is -3.48. The summed E-state index contributed by atoms with van der Waals surface area (Å²) < 4.78 is 14.0. The molecular formula is C25H17Cl2FN2O3. The van der Waals surface area contributed by atoms with Crippen LogP contribution in [0.1, 0.15) is 22.3 Å². The zero-order chi connectivity index (χ0) is 23.7. The summed E-state index contributed by atoms with van der Waals surface area (Å²) in [5.74, 6) is -1.92. The van der Waals surface area contributed by atoms with E-state index in [9.17, 15) is 18.8 Å². The molecule has 0 unspecified atom stereocenters. The van der Waals surface area contributed by atoms with Gasteiger partial charge in [-0.2, -0.15) is 0 Å². The van der Waals surface area contributed by atoms with E-state index in [0.29, 0.717) is 26.7 Å². The van der Waals surface area contributed by atoms with Gasteiger partial charge in [-0.3, -0.25) is 14.9 Å². The fourth-order valence-corrected chi connectivity index (χ4v) is 3.85. The number of urea groups is 1. The van der Waals surface area contributed by atoms with Gasteiger partial charge < -0.3 is 0 Å². The third-order valence-corrected chi connectivity index (χ3v) is 6.00. The molecule has 1 heterocycles. The number of amides is 4. The first-order valence-corrected chi connectivity index (χ1v) is 10.7. The Kier molecular flexibility index (Phi) is 6.31. The van der Waals surface area contributed by atoms with E-state index in [1.54, 1.807) is 55.5 Å². The van der Waals surface area contributed by atoms with Gasteiger partial charge in [0.05, 0.1) is 5.69 Å². The highest BCUT2D eigenvalue weighted by molar-refractivity contribution is 6.39. The zero-order valence-electron chi connectivity index (χ0n) is 17.4. The summed E-state index contributed by atoms with van der Waals surface area (Å²) in [7, 11) is 0. The number of imide groups is 2. The third kappa shape index (κ3) is 4.67. The maximum atomic E-state index is 14.0. The number of carbonyl (C=O) groups is 3. The number of benzene rings is 3. The lowest BCUT2D eigenvalue weighted by Crippen LogP contribution is -2.54. The minimum Gasteiger partial charge on any atom is -0.273 e. The van der Waals surface area contributed by atoms with Crippen LogP contribution >= 0.6 is 23.2 Å². The molecule has 3 aromatic carbocycles. The number of nitrogens with one attached hydrogen (secondary N) is 1. The van der Waals surface area contributed by atoms with Crippen LogP contribution in [-0.2, 0) is 16.0 Å². The fourth-order valence-electron chi connectivity index (χ4n) is 3.42. The monoisotopic (exact) mass is 482 g/mol. The molecular weight excluding hydrogens is 466 g/mol. The predicted octanol–water partition coefficient (Wildman–Crippen LogP) is 5.70. The van der Waals surface area contributed by atoms with E-state index in [0.717, 1.165) is 10.5 Å². The van der Waals surface area contributed by atoms with Gasteiger partial charge in [0, 0.05) is 16.5 Å². The number of hydrogen-bond acceptors (Lipinski definition) is 3. The smallest absolute Gasteiger partial charge is 0.273 e. The fraction of sp³-hybridized carbons (Fsp3) is 0.0800. The quantitative estimate of drug-likeness (QED) is 0.383.